The van der Waals surface area contributed by atoms with E-state index in [1.807, 2.05) is 6.92 Å². The van der Waals surface area contributed by atoms with Gasteiger partial charge in [-0.3, -0.25) is 14.9 Å². The van der Waals surface area contributed by atoms with E-state index in [-0.39, 0.29) is 23.9 Å². The largest absolute Gasteiger partial charge is 0.490 e. The van der Waals surface area contributed by atoms with Crippen molar-refractivity contribution < 1.29 is 14.5 Å². The van der Waals surface area contributed by atoms with Crippen molar-refractivity contribution in [3.63, 3.8) is 0 Å². The van der Waals surface area contributed by atoms with Crippen LogP contribution < -0.4 is 9.64 Å². The van der Waals surface area contributed by atoms with Gasteiger partial charge in [0, 0.05) is 19.6 Å². The molecule has 7 nitrogen and oxygen atoms in total. The lowest BCUT2D eigenvalue weighted by atomic mass is 10.2. The van der Waals surface area contributed by atoms with Crippen molar-refractivity contribution in [2.75, 3.05) is 38.2 Å². The Bertz CT molecular complexity index is 547. The molecule has 1 aliphatic rings. The van der Waals surface area contributed by atoms with Gasteiger partial charge in [-0.2, -0.15) is 0 Å². The number of anilines is 1. The summed E-state index contributed by atoms with van der Waals surface area (Å²) in [4.78, 5) is 26.6. The van der Waals surface area contributed by atoms with Crippen molar-refractivity contribution in [1.29, 1.82) is 0 Å². The molecular weight excluding hydrogens is 274 g/mol. The molecule has 0 radical (unpaired) electrons. The molecule has 0 N–H and O–H groups in total. The lowest BCUT2D eigenvalue weighted by Crippen LogP contribution is -2.36. The number of ether oxygens (including phenoxy) is 1. The number of hydrogen-bond acceptors (Lipinski definition) is 5. The van der Waals surface area contributed by atoms with E-state index in [1.54, 1.807) is 28.0 Å². The van der Waals surface area contributed by atoms with Gasteiger partial charge in [0.15, 0.2) is 5.75 Å². The first-order valence-electron chi connectivity index (χ1n) is 6.92. The molecule has 1 amide bonds. The second-order valence-corrected chi connectivity index (χ2v) is 4.83. The second-order valence-electron chi connectivity index (χ2n) is 4.83. The van der Waals surface area contributed by atoms with Gasteiger partial charge < -0.3 is 14.5 Å². The first kappa shape index (κ1) is 15.1. The molecule has 1 saturated heterocycles. The molecule has 7 heteroatoms. The number of nitro benzene ring substituents is 1. The minimum Gasteiger partial charge on any atom is -0.490 e. The van der Waals surface area contributed by atoms with Crippen LogP contribution in [-0.2, 0) is 4.79 Å². The SMILES string of the molecule is CCN1CCCN(c2cccc(OC)c2[N+](=O)[O-])CC1=O. The summed E-state index contributed by atoms with van der Waals surface area (Å²) in [5, 5.41) is 11.3. The molecule has 0 aliphatic carbocycles. The highest BCUT2D eigenvalue weighted by Crippen LogP contribution is 2.37. The quantitative estimate of drug-likeness (QED) is 0.623. The highest BCUT2D eigenvalue weighted by molar-refractivity contribution is 5.83. The third-order valence-corrected chi connectivity index (χ3v) is 3.64. The number of nitrogens with zero attached hydrogens (tertiary/aromatic N) is 3. The van der Waals surface area contributed by atoms with Crippen LogP contribution in [0.25, 0.3) is 0 Å². The third-order valence-electron chi connectivity index (χ3n) is 3.64. The van der Waals surface area contributed by atoms with E-state index in [2.05, 4.69) is 0 Å². The Morgan fingerprint density at radius 3 is 2.76 bits per heavy atom. The van der Waals surface area contributed by atoms with E-state index in [9.17, 15) is 14.9 Å². The molecule has 0 bridgehead atoms. The van der Waals surface area contributed by atoms with Crippen molar-refractivity contribution in [2.45, 2.75) is 13.3 Å². The number of rotatable bonds is 4. The molecule has 0 atom stereocenters. The number of methoxy groups -OCH3 is 1. The summed E-state index contributed by atoms with van der Waals surface area (Å²) in [6.07, 6.45) is 0.786. The van der Waals surface area contributed by atoms with Crippen LogP contribution in [0.15, 0.2) is 18.2 Å². The zero-order valence-electron chi connectivity index (χ0n) is 12.2. The third kappa shape index (κ3) is 3.07. The van der Waals surface area contributed by atoms with Crippen molar-refractivity contribution >= 4 is 17.3 Å². The Kier molecular flexibility index (Phi) is 4.62. The molecule has 0 saturated carbocycles. The van der Waals surface area contributed by atoms with Gasteiger partial charge in [-0.15, -0.1) is 0 Å². The van der Waals surface area contributed by atoms with Gasteiger partial charge in [0.2, 0.25) is 5.91 Å². The van der Waals surface area contributed by atoms with Gasteiger partial charge in [0.1, 0.15) is 5.69 Å². The molecule has 1 heterocycles. The predicted octanol–water partition coefficient (Wildman–Crippen LogP) is 1.66. The van der Waals surface area contributed by atoms with E-state index < -0.39 is 4.92 Å². The van der Waals surface area contributed by atoms with Crippen molar-refractivity contribution in [1.82, 2.24) is 4.90 Å². The van der Waals surface area contributed by atoms with E-state index in [4.69, 9.17) is 4.74 Å². The summed E-state index contributed by atoms with van der Waals surface area (Å²) >= 11 is 0. The summed E-state index contributed by atoms with van der Waals surface area (Å²) in [6.45, 7) is 4.04. The summed E-state index contributed by atoms with van der Waals surface area (Å²) in [7, 11) is 1.40. The van der Waals surface area contributed by atoms with Gasteiger partial charge in [0.25, 0.3) is 0 Å². The summed E-state index contributed by atoms with van der Waals surface area (Å²) < 4.78 is 5.07. The number of benzene rings is 1. The number of likely N-dealkylation sites (N-methyl/N-ethyl adjacent to an activating group) is 1. The van der Waals surface area contributed by atoms with Crippen LogP contribution in [0.5, 0.6) is 5.75 Å². The van der Waals surface area contributed by atoms with Gasteiger partial charge in [-0.1, -0.05) is 6.07 Å². The van der Waals surface area contributed by atoms with Gasteiger partial charge >= 0.3 is 5.69 Å². The molecular formula is C14H19N3O4. The van der Waals surface area contributed by atoms with Crippen LogP contribution in [0.1, 0.15) is 13.3 Å². The Morgan fingerprint density at radius 1 is 1.38 bits per heavy atom. The summed E-state index contributed by atoms with van der Waals surface area (Å²) in [5.74, 6) is 0.202. The Labute approximate surface area is 123 Å². The Hall–Kier alpha value is -2.31. The molecule has 21 heavy (non-hydrogen) atoms. The maximum absolute atomic E-state index is 12.1. The van der Waals surface area contributed by atoms with Gasteiger partial charge in [-0.05, 0) is 25.5 Å². The number of hydrogen-bond donors (Lipinski definition) is 0. The summed E-state index contributed by atoms with van der Waals surface area (Å²) in [6, 6.07) is 4.92. The van der Waals surface area contributed by atoms with Crippen LogP contribution in [0, 0.1) is 10.1 Å². The second kappa shape index (κ2) is 6.43. The lowest BCUT2D eigenvalue weighted by Gasteiger charge is -2.22. The van der Waals surface area contributed by atoms with E-state index >= 15 is 0 Å². The zero-order valence-corrected chi connectivity index (χ0v) is 12.2. The zero-order chi connectivity index (χ0) is 15.4. The minimum absolute atomic E-state index is 0.00730. The summed E-state index contributed by atoms with van der Waals surface area (Å²) in [5.41, 5.74) is 0.350. The molecule has 1 aromatic carbocycles. The number of nitro groups is 1. The highest BCUT2D eigenvalue weighted by atomic mass is 16.6. The van der Waals surface area contributed by atoms with Crippen LogP contribution >= 0.6 is 0 Å². The molecule has 0 aromatic heterocycles. The first-order chi connectivity index (χ1) is 10.1. The van der Waals surface area contributed by atoms with Crippen LogP contribution in [0.3, 0.4) is 0 Å². The number of carbonyl (C=O) groups excluding carboxylic acids is 1. The smallest absolute Gasteiger partial charge is 0.333 e. The number of amides is 1. The van der Waals surface area contributed by atoms with Crippen molar-refractivity contribution in [3.05, 3.63) is 28.3 Å². The van der Waals surface area contributed by atoms with Crippen LogP contribution in [0.4, 0.5) is 11.4 Å². The van der Waals surface area contributed by atoms with E-state index in [1.165, 1.54) is 7.11 Å². The molecule has 1 fully saturated rings. The maximum atomic E-state index is 12.1. The van der Waals surface area contributed by atoms with Crippen molar-refractivity contribution in [2.24, 2.45) is 0 Å². The molecule has 2 rings (SSSR count). The number of carbonyl (C=O) groups is 1. The fraction of sp³-hybridized carbons (Fsp3) is 0.500. The standard InChI is InChI=1S/C14H19N3O4/c1-3-15-8-5-9-16(10-13(15)18)11-6-4-7-12(21-2)14(11)17(19)20/h4,6-7H,3,5,8-10H2,1-2H3. The predicted molar refractivity (Wildman–Crippen MR) is 78.7 cm³/mol. The average Bonchev–Trinajstić information content (AvgIpc) is 2.67. The van der Waals surface area contributed by atoms with Crippen LogP contribution in [-0.4, -0.2) is 49.0 Å². The molecule has 1 aromatic rings. The minimum atomic E-state index is -0.457. The fourth-order valence-corrected chi connectivity index (χ4v) is 2.57. The Balaban J connectivity index is 2.37. The maximum Gasteiger partial charge on any atom is 0.333 e. The number of para-hydroxylation sites is 1. The average molecular weight is 293 g/mol. The van der Waals surface area contributed by atoms with Gasteiger partial charge in [-0.25, -0.2) is 0 Å². The lowest BCUT2D eigenvalue weighted by molar-refractivity contribution is -0.385. The van der Waals surface area contributed by atoms with Crippen molar-refractivity contribution in [3.8, 4) is 5.75 Å². The van der Waals surface area contributed by atoms with Gasteiger partial charge in [0.05, 0.1) is 18.6 Å². The topological polar surface area (TPSA) is 75.9 Å². The molecule has 0 spiro atoms. The monoisotopic (exact) mass is 293 g/mol. The highest BCUT2D eigenvalue weighted by Gasteiger charge is 2.28. The molecule has 114 valence electrons. The molecule has 0 unspecified atom stereocenters. The van der Waals surface area contributed by atoms with E-state index in [0.717, 1.165) is 6.42 Å². The first-order valence-corrected chi connectivity index (χ1v) is 6.92. The molecule has 1 aliphatic heterocycles. The fourth-order valence-electron chi connectivity index (χ4n) is 2.57. The Morgan fingerprint density at radius 2 is 2.14 bits per heavy atom. The van der Waals surface area contributed by atoms with Crippen LogP contribution in [0.2, 0.25) is 0 Å². The normalized spacial score (nSPS) is 15.8. The van der Waals surface area contributed by atoms with E-state index in [0.29, 0.717) is 25.3 Å².